The van der Waals surface area contributed by atoms with Crippen LogP contribution in [0, 0.1) is 33.6 Å². The zero-order valence-corrected chi connectivity index (χ0v) is 19.0. The molecule has 0 amide bonds. The lowest BCUT2D eigenvalue weighted by Gasteiger charge is -2.33. The fourth-order valence-electron chi connectivity index (χ4n) is 4.34. The first-order valence-electron chi connectivity index (χ1n) is 11.0. The molecule has 0 unspecified atom stereocenters. The van der Waals surface area contributed by atoms with Crippen LogP contribution in [0.1, 0.15) is 35.6 Å². The number of aromatic nitrogens is 7. The Hall–Kier alpha value is -3.49. The van der Waals surface area contributed by atoms with Crippen molar-refractivity contribution in [2.75, 3.05) is 24.6 Å². The van der Waals surface area contributed by atoms with Crippen molar-refractivity contribution in [1.82, 2.24) is 34.3 Å². The van der Waals surface area contributed by atoms with Crippen molar-refractivity contribution in [1.29, 1.82) is 0 Å². The van der Waals surface area contributed by atoms with Gasteiger partial charge < -0.3 is 9.64 Å². The van der Waals surface area contributed by atoms with Gasteiger partial charge in [0.05, 0.1) is 18.0 Å². The van der Waals surface area contributed by atoms with Gasteiger partial charge in [0.1, 0.15) is 12.1 Å². The summed E-state index contributed by atoms with van der Waals surface area (Å²) in [6.45, 7) is 10.6. The largest absolute Gasteiger partial charge is 0.477 e. The van der Waals surface area contributed by atoms with Crippen molar-refractivity contribution in [2.45, 2.75) is 40.5 Å². The molecule has 9 nitrogen and oxygen atoms in total. The summed E-state index contributed by atoms with van der Waals surface area (Å²) >= 11 is 0. The average molecular weight is 433 g/mol. The van der Waals surface area contributed by atoms with Crippen molar-refractivity contribution in [2.24, 2.45) is 5.92 Å². The summed E-state index contributed by atoms with van der Waals surface area (Å²) in [7, 11) is 0. The minimum absolute atomic E-state index is 0.483. The van der Waals surface area contributed by atoms with Gasteiger partial charge in [0.15, 0.2) is 11.5 Å². The maximum atomic E-state index is 6.05. The summed E-state index contributed by atoms with van der Waals surface area (Å²) in [4.78, 5) is 15.6. The predicted octanol–water partition coefficient (Wildman–Crippen LogP) is 3.23. The van der Waals surface area contributed by atoms with E-state index in [4.69, 9.17) is 4.74 Å². The van der Waals surface area contributed by atoms with Gasteiger partial charge in [-0.3, -0.25) is 0 Å². The molecule has 5 rings (SSSR count). The first-order chi connectivity index (χ1) is 15.5. The second-order valence-electron chi connectivity index (χ2n) is 8.61. The fraction of sp³-hybridized carbons (Fsp3) is 0.435. The topological polar surface area (TPSA) is 86.3 Å². The Morgan fingerprint density at radius 3 is 2.44 bits per heavy atom. The summed E-state index contributed by atoms with van der Waals surface area (Å²) < 4.78 is 9.82. The lowest BCUT2D eigenvalue weighted by atomic mass is 9.98. The van der Waals surface area contributed by atoms with Gasteiger partial charge in [-0.2, -0.15) is 14.7 Å². The smallest absolute Gasteiger partial charge is 0.218 e. The monoisotopic (exact) mass is 432 g/mol. The molecule has 1 saturated heterocycles. The van der Waals surface area contributed by atoms with Crippen LogP contribution in [-0.4, -0.2) is 54.0 Å². The maximum Gasteiger partial charge on any atom is 0.218 e. The highest BCUT2D eigenvalue weighted by Crippen LogP contribution is 2.25. The van der Waals surface area contributed by atoms with E-state index in [2.05, 4.69) is 36.1 Å². The summed E-state index contributed by atoms with van der Waals surface area (Å²) in [5.41, 5.74) is 4.90. The third-order valence-corrected chi connectivity index (χ3v) is 5.92. The predicted molar refractivity (Wildman–Crippen MR) is 122 cm³/mol. The number of piperidine rings is 1. The van der Waals surface area contributed by atoms with Crippen LogP contribution in [0.4, 0.5) is 5.82 Å². The van der Waals surface area contributed by atoms with Gasteiger partial charge in [0.2, 0.25) is 5.88 Å². The van der Waals surface area contributed by atoms with Gasteiger partial charge in [-0.15, -0.1) is 0 Å². The number of rotatable bonds is 5. The number of anilines is 1. The van der Waals surface area contributed by atoms with E-state index in [0.717, 1.165) is 66.0 Å². The third kappa shape index (κ3) is 4.02. The van der Waals surface area contributed by atoms with Crippen molar-refractivity contribution in [3.05, 3.63) is 53.4 Å². The lowest BCUT2D eigenvalue weighted by molar-refractivity contribution is 0.215. The van der Waals surface area contributed by atoms with Gasteiger partial charge in [0, 0.05) is 42.7 Å². The molecule has 0 atom stereocenters. The van der Waals surface area contributed by atoms with E-state index in [9.17, 15) is 0 Å². The number of aryl methyl sites for hydroxylation is 4. The Bertz CT molecular complexity index is 1250. The van der Waals surface area contributed by atoms with Crippen LogP contribution in [0.5, 0.6) is 5.88 Å². The Morgan fingerprint density at radius 2 is 1.69 bits per heavy atom. The summed E-state index contributed by atoms with van der Waals surface area (Å²) in [5, 5.41) is 9.12. The summed E-state index contributed by atoms with van der Waals surface area (Å²) in [6, 6.07) is 8.03. The maximum absolute atomic E-state index is 6.05. The quantitative estimate of drug-likeness (QED) is 0.478. The minimum atomic E-state index is 0.483. The molecule has 166 valence electrons. The molecule has 0 spiro atoms. The number of hydrogen-bond donors (Lipinski definition) is 0. The van der Waals surface area contributed by atoms with Crippen LogP contribution in [0.3, 0.4) is 0 Å². The van der Waals surface area contributed by atoms with Crippen LogP contribution in [0.2, 0.25) is 0 Å². The fourth-order valence-corrected chi connectivity index (χ4v) is 4.34. The Morgan fingerprint density at radius 1 is 0.906 bits per heavy atom. The molecular formula is C23H28N8O. The molecule has 32 heavy (non-hydrogen) atoms. The van der Waals surface area contributed by atoms with Crippen molar-refractivity contribution < 1.29 is 4.74 Å². The van der Waals surface area contributed by atoms with Gasteiger partial charge in [-0.1, -0.05) is 0 Å². The molecule has 1 aliphatic rings. The minimum Gasteiger partial charge on any atom is -0.477 e. The molecular weight excluding hydrogens is 404 g/mol. The van der Waals surface area contributed by atoms with Crippen LogP contribution in [-0.2, 0) is 0 Å². The van der Waals surface area contributed by atoms with Gasteiger partial charge in [0.25, 0.3) is 0 Å². The van der Waals surface area contributed by atoms with Crippen LogP contribution in [0.25, 0.3) is 11.5 Å². The van der Waals surface area contributed by atoms with Crippen molar-refractivity contribution >= 4 is 11.5 Å². The SMILES string of the molecule is Cc1cc(N2CCC(COc3cc(-n4nc(C)cc4C)ncn3)CC2)n2nc(C)cc2n1. The first kappa shape index (κ1) is 20.4. The highest BCUT2D eigenvalue weighted by atomic mass is 16.5. The molecule has 1 fully saturated rings. The molecule has 0 saturated carbocycles. The zero-order valence-electron chi connectivity index (χ0n) is 19.0. The van der Waals surface area contributed by atoms with E-state index in [1.54, 1.807) is 0 Å². The molecule has 4 aromatic rings. The molecule has 0 radical (unpaired) electrons. The van der Waals surface area contributed by atoms with Crippen LogP contribution < -0.4 is 9.64 Å². The summed E-state index contributed by atoms with van der Waals surface area (Å²) in [6.07, 6.45) is 3.64. The Kier molecular flexibility index (Phi) is 5.24. The van der Waals surface area contributed by atoms with Gasteiger partial charge in [-0.05, 0) is 52.5 Å². The van der Waals surface area contributed by atoms with E-state index >= 15 is 0 Å². The molecule has 0 bridgehead atoms. The van der Waals surface area contributed by atoms with E-state index in [1.165, 1.54) is 6.33 Å². The highest BCUT2D eigenvalue weighted by molar-refractivity contribution is 5.52. The second kappa shape index (κ2) is 8.22. The van der Waals surface area contributed by atoms with Gasteiger partial charge in [-0.25, -0.2) is 19.6 Å². The molecule has 0 aliphatic carbocycles. The molecule has 1 aliphatic heterocycles. The molecule has 4 aromatic heterocycles. The third-order valence-electron chi connectivity index (χ3n) is 5.92. The molecule has 0 aromatic carbocycles. The number of nitrogens with zero attached hydrogens (tertiary/aromatic N) is 8. The second-order valence-corrected chi connectivity index (χ2v) is 8.61. The Balaban J connectivity index is 1.22. The summed E-state index contributed by atoms with van der Waals surface area (Å²) in [5.74, 6) is 2.91. The number of fused-ring (bicyclic) bond motifs is 1. The van der Waals surface area contributed by atoms with Crippen molar-refractivity contribution in [3.63, 3.8) is 0 Å². The van der Waals surface area contributed by atoms with E-state index in [-0.39, 0.29) is 0 Å². The lowest BCUT2D eigenvalue weighted by Crippen LogP contribution is -2.36. The standard InChI is InChI=1S/C23H28N8O/c1-15-11-23(31-21(26-15)10-17(3)28-31)29-7-5-19(6-8-29)13-32-22-12-20(24-14-25-22)30-18(4)9-16(2)27-30/h9-12,14,19H,5-8,13H2,1-4H3. The Labute approximate surface area is 187 Å². The molecule has 5 heterocycles. The van der Waals surface area contributed by atoms with E-state index in [0.29, 0.717) is 18.4 Å². The van der Waals surface area contributed by atoms with Gasteiger partial charge >= 0.3 is 0 Å². The normalized spacial score (nSPS) is 14.9. The number of ether oxygens (including phenoxy) is 1. The highest BCUT2D eigenvalue weighted by Gasteiger charge is 2.23. The number of hydrogen-bond acceptors (Lipinski definition) is 7. The molecule has 0 N–H and O–H groups in total. The van der Waals surface area contributed by atoms with Crippen LogP contribution in [0.15, 0.2) is 30.6 Å². The van der Waals surface area contributed by atoms with E-state index in [1.807, 2.05) is 55.1 Å². The van der Waals surface area contributed by atoms with Crippen molar-refractivity contribution in [3.8, 4) is 11.7 Å². The molecule has 9 heteroatoms. The van der Waals surface area contributed by atoms with E-state index < -0.39 is 0 Å². The van der Waals surface area contributed by atoms with Crippen LogP contribution >= 0.6 is 0 Å². The average Bonchev–Trinajstić information content (AvgIpc) is 3.32. The zero-order chi connectivity index (χ0) is 22.2. The first-order valence-corrected chi connectivity index (χ1v) is 11.0.